The third kappa shape index (κ3) is 7.39. The van der Waals surface area contributed by atoms with E-state index in [9.17, 15) is 0 Å². The minimum Gasteiger partial charge on any atom is -0.254 e. The molecule has 4 aromatic rings. The summed E-state index contributed by atoms with van der Waals surface area (Å²) in [5, 5.41) is 4.90. The second-order valence-electron chi connectivity index (χ2n) is 11.4. The molecule has 0 radical (unpaired) electrons. The SMILES string of the molecule is CC(C)(C)P(Cc1cccc(C=Nc2ccc(Cl)cc2P(c2ccccc2)c2ccccc2)n1)C(C)(C)C. The van der Waals surface area contributed by atoms with Crippen LogP contribution in [0.5, 0.6) is 0 Å². The second kappa shape index (κ2) is 12.2. The Labute approximate surface area is 236 Å². The number of nitrogens with zero attached hydrogens (tertiary/aromatic N) is 2. The van der Waals surface area contributed by atoms with Crippen molar-refractivity contribution >= 4 is 55.3 Å². The Kier molecular flexibility index (Phi) is 9.20. The van der Waals surface area contributed by atoms with Crippen LogP contribution in [0.3, 0.4) is 0 Å². The van der Waals surface area contributed by atoms with Crippen molar-refractivity contribution in [3.8, 4) is 0 Å². The molecule has 0 aliphatic carbocycles. The maximum Gasteiger partial charge on any atom is 0.0816 e. The number of aliphatic imine (C=N–C) groups is 1. The minimum atomic E-state index is -0.824. The molecule has 0 aliphatic rings. The summed E-state index contributed by atoms with van der Waals surface area (Å²) in [7, 11) is -1.10. The van der Waals surface area contributed by atoms with E-state index >= 15 is 0 Å². The normalized spacial score (nSPS) is 12.6. The molecule has 4 rings (SSSR count). The number of benzene rings is 3. The molecule has 38 heavy (non-hydrogen) atoms. The first-order chi connectivity index (χ1) is 18.0. The molecule has 0 N–H and O–H groups in total. The monoisotopic (exact) mass is 558 g/mol. The molecule has 0 fully saturated rings. The van der Waals surface area contributed by atoms with Crippen LogP contribution in [0.1, 0.15) is 52.9 Å². The molecular formula is C33H37ClN2P2. The Hall–Kier alpha value is -2.37. The van der Waals surface area contributed by atoms with Crippen LogP contribution in [-0.4, -0.2) is 21.5 Å². The van der Waals surface area contributed by atoms with Crippen molar-refractivity contribution in [2.75, 3.05) is 0 Å². The molecule has 196 valence electrons. The van der Waals surface area contributed by atoms with Gasteiger partial charge >= 0.3 is 0 Å². The third-order valence-corrected chi connectivity index (χ3v) is 12.9. The zero-order chi connectivity index (χ0) is 27.3. The highest BCUT2D eigenvalue weighted by molar-refractivity contribution is 7.80. The first-order valence-corrected chi connectivity index (χ1v) is 16.2. The predicted molar refractivity (Wildman–Crippen MR) is 172 cm³/mol. The van der Waals surface area contributed by atoms with Crippen LogP contribution in [0.4, 0.5) is 5.69 Å². The molecule has 0 aliphatic heterocycles. The number of pyridine rings is 1. The van der Waals surface area contributed by atoms with Gasteiger partial charge in [-0.05, 0) is 59.2 Å². The summed E-state index contributed by atoms with van der Waals surface area (Å²) in [6, 6.07) is 33.6. The van der Waals surface area contributed by atoms with Gasteiger partial charge in [0.1, 0.15) is 0 Å². The van der Waals surface area contributed by atoms with E-state index in [1.165, 1.54) is 10.6 Å². The van der Waals surface area contributed by atoms with Crippen molar-refractivity contribution in [2.24, 2.45) is 4.99 Å². The van der Waals surface area contributed by atoms with Gasteiger partial charge in [0.25, 0.3) is 0 Å². The first-order valence-electron chi connectivity index (χ1n) is 13.0. The Morgan fingerprint density at radius 3 is 1.87 bits per heavy atom. The van der Waals surface area contributed by atoms with E-state index in [0.29, 0.717) is 0 Å². The maximum absolute atomic E-state index is 6.54. The van der Waals surface area contributed by atoms with E-state index in [1.54, 1.807) is 0 Å². The van der Waals surface area contributed by atoms with Gasteiger partial charge in [-0.1, -0.05) is 128 Å². The largest absolute Gasteiger partial charge is 0.254 e. The lowest BCUT2D eigenvalue weighted by atomic mass is 10.2. The molecule has 1 heterocycles. The molecule has 0 atom stereocenters. The molecule has 0 spiro atoms. The third-order valence-electron chi connectivity index (χ3n) is 6.31. The maximum atomic E-state index is 6.54. The fraction of sp³-hybridized carbons (Fsp3) is 0.273. The number of rotatable bonds is 7. The van der Waals surface area contributed by atoms with Crippen molar-refractivity contribution in [3.63, 3.8) is 0 Å². The minimum absolute atomic E-state index is 0.254. The average Bonchev–Trinajstić information content (AvgIpc) is 2.87. The van der Waals surface area contributed by atoms with E-state index in [1.807, 2.05) is 24.4 Å². The van der Waals surface area contributed by atoms with E-state index in [4.69, 9.17) is 21.6 Å². The highest BCUT2D eigenvalue weighted by atomic mass is 35.5. The number of hydrogen-bond donors (Lipinski definition) is 0. The Balaban J connectivity index is 1.70. The zero-order valence-corrected chi connectivity index (χ0v) is 25.7. The van der Waals surface area contributed by atoms with E-state index < -0.39 is 7.92 Å². The molecule has 5 heteroatoms. The highest BCUT2D eigenvalue weighted by Crippen LogP contribution is 2.61. The summed E-state index contributed by atoms with van der Waals surface area (Å²) in [6.45, 7) is 14.1. The summed E-state index contributed by atoms with van der Waals surface area (Å²) in [5.41, 5.74) is 2.94. The Morgan fingerprint density at radius 2 is 1.32 bits per heavy atom. The van der Waals surface area contributed by atoms with E-state index in [2.05, 4.69) is 120 Å². The van der Waals surface area contributed by atoms with Gasteiger partial charge in [0.05, 0.1) is 17.6 Å². The van der Waals surface area contributed by atoms with Gasteiger partial charge in [-0.25, -0.2) is 0 Å². The van der Waals surface area contributed by atoms with Gasteiger partial charge < -0.3 is 0 Å². The molecule has 2 nitrogen and oxygen atoms in total. The van der Waals surface area contributed by atoms with Crippen molar-refractivity contribution < 1.29 is 0 Å². The van der Waals surface area contributed by atoms with Crippen LogP contribution in [-0.2, 0) is 6.16 Å². The molecule has 3 aromatic carbocycles. The molecule has 0 unspecified atom stereocenters. The quantitative estimate of drug-likeness (QED) is 0.164. The van der Waals surface area contributed by atoms with Crippen molar-refractivity contribution in [1.82, 2.24) is 4.98 Å². The molecule has 0 amide bonds. The molecule has 1 aromatic heterocycles. The molecule has 0 saturated heterocycles. The smallest absolute Gasteiger partial charge is 0.0816 e. The van der Waals surface area contributed by atoms with Crippen molar-refractivity contribution in [1.29, 1.82) is 0 Å². The highest BCUT2D eigenvalue weighted by Gasteiger charge is 2.34. The number of aromatic nitrogens is 1. The van der Waals surface area contributed by atoms with Crippen LogP contribution < -0.4 is 15.9 Å². The summed E-state index contributed by atoms with van der Waals surface area (Å²) in [6.07, 6.45) is 2.90. The lowest BCUT2D eigenvalue weighted by molar-refractivity contribution is 0.701. The fourth-order valence-electron chi connectivity index (χ4n) is 4.80. The van der Waals surface area contributed by atoms with E-state index in [0.717, 1.165) is 33.6 Å². The van der Waals surface area contributed by atoms with Crippen LogP contribution in [0.25, 0.3) is 0 Å². The van der Waals surface area contributed by atoms with E-state index in [-0.39, 0.29) is 18.2 Å². The van der Waals surface area contributed by atoms with Gasteiger partial charge in [0.2, 0.25) is 0 Å². The van der Waals surface area contributed by atoms with Gasteiger partial charge in [-0.3, -0.25) is 9.98 Å². The standard InChI is InChI=1S/C33H37ClN2P2/c1-32(2,3)37(33(4,5)6)24-27-15-13-14-26(36-27)23-35-30-21-20-25(34)22-31(30)38(28-16-9-7-10-17-28)29-18-11-8-12-19-29/h7-23H,24H2,1-6H3. The topological polar surface area (TPSA) is 25.2 Å². The number of halogens is 1. The number of hydrogen-bond acceptors (Lipinski definition) is 2. The molecule has 0 bridgehead atoms. The van der Waals surface area contributed by atoms with Gasteiger partial charge in [0.15, 0.2) is 0 Å². The Morgan fingerprint density at radius 1 is 0.737 bits per heavy atom. The summed E-state index contributed by atoms with van der Waals surface area (Å²) in [5.74, 6) is 0. The predicted octanol–water partition coefficient (Wildman–Crippen LogP) is 8.82. The molecular weight excluding hydrogens is 522 g/mol. The van der Waals surface area contributed by atoms with Crippen LogP contribution in [0.2, 0.25) is 5.02 Å². The first kappa shape index (κ1) is 28.6. The molecule has 0 saturated carbocycles. The van der Waals surface area contributed by atoms with Crippen LogP contribution >= 0.6 is 27.4 Å². The van der Waals surface area contributed by atoms with Crippen molar-refractivity contribution in [3.05, 3.63) is 113 Å². The fourth-order valence-corrected chi connectivity index (χ4v) is 10.9. The summed E-state index contributed by atoms with van der Waals surface area (Å²) >= 11 is 6.54. The van der Waals surface area contributed by atoms with Crippen LogP contribution in [0, 0.1) is 0 Å². The Bertz CT molecular complexity index is 1320. The van der Waals surface area contributed by atoms with Crippen molar-refractivity contribution in [2.45, 2.75) is 58.0 Å². The summed E-state index contributed by atoms with van der Waals surface area (Å²) in [4.78, 5) is 9.99. The lowest BCUT2D eigenvalue weighted by Crippen LogP contribution is -2.26. The lowest BCUT2D eigenvalue weighted by Gasteiger charge is -2.41. The van der Waals surface area contributed by atoms with Gasteiger partial charge in [-0.2, -0.15) is 0 Å². The zero-order valence-electron chi connectivity index (χ0n) is 23.2. The second-order valence-corrected chi connectivity index (χ2v) is 17.9. The van der Waals surface area contributed by atoms with Crippen LogP contribution in [0.15, 0.2) is 102 Å². The average molecular weight is 559 g/mol. The summed E-state index contributed by atoms with van der Waals surface area (Å²) < 4.78 is 0. The van der Waals surface area contributed by atoms with Gasteiger partial charge in [0, 0.05) is 22.2 Å². The van der Waals surface area contributed by atoms with Gasteiger partial charge in [-0.15, -0.1) is 0 Å².